The van der Waals surface area contributed by atoms with E-state index in [1.54, 1.807) is 0 Å². The standard InChI is InChI=1S/C15H23NO7S/c1-6-24-15-11(16-7(2)17)12(21-8(3)18)13(22-9(4)19)14(15)23-10(5)20/h11-15H,6H2,1-5H3,(H,16,17)/t11-,12+,13+,14+,15+/m0/s1. The molecule has 0 heterocycles. The molecule has 0 aliphatic heterocycles. The average molecular weight is 361 g/mol. The second kappa shape index (κ2) is 8.91. The van der Waals surface area contributed by atoms with Crippen LogP contribution in [0, 0.1) is 0 Å². The zero-order chi connectivity index (χ0) is 18.4. The lowest BCUT2D eigenvalue weighted by atomic mass is 10.2. The van der Waals surface area contributed by atoms with Gasteiger partial charge < -0.3 is 19.5 Å². The first kappa shape index (κ1) is 20.3. The number of hydrogen-bond acceptors (Lipinski definition) is 8. The second-order valence-corrected chi connectivity index (χ2v) is 6.82. The minimum atomic E-state index is -0.990. The minimum absolute atomic E-state index is 0.330. The number of thioether (sulfide) groups is 1. The van der Waals surface area contributed by atoms with Gasteiger partial charge in [-0.2, -0.15) is 11.8 Å². The highest BCUT2D eigenvalue weighted by Crippen LogP contribution is 2.37. The summed E-state index contributed by atoms with van der Waals surface area (Å²) in [6.07, 6.45) is -2.77. The predicted octanol–water partition coefficient (Wildman–Crippen LogP) is 0.421. The van der Waals surface area contributed by atoms with Crippen molar-refractivity contribution in [3.63, 3.8) is 0 Å². The molecule has 1 rings (SSSR count). The molecule has 0 aromatic carbocycles. The van der Waals surface area contributed by atoms with Crippen molar-refractivity contribution in [1.82, 2.24) is 5.32 Å². The van der Waals surface area contributed by atoms with Gasteiger partial charge in [0.05, 0.1) is 11.3 Å². The van der Waals surface area contributed by atoms with E-state index >= 15 is 0 Å². The highest BCUT2D eigenvalue weighted by atomic mass is 32.2. The highest BCUT2D eigenvalue weighted by molar-refractivity contribution is 8.00. The number of rotatable bonds is 6. The number of hydrogen-bond donors (Lipinski definition) is 1. The Morgan fingerprint density at radius 1 is 0.833 bits per heavy atom. The molecule has 1 aliphatic rings. The van der Waals surface area contributed by atoms with Crippen LogP contribution >= 0.6 is 11.8 Å². The molecule has 0 saturated heterocycles. The molecular formula is C15H23NO7S. The number of ether oxygens (including phenoxy) is 3. The molecule has 0 bridgehead atoms. The van der Waals surface area contributed by atoms with Gasteiger partial charge in [0, 0.05) is 27.7 Å². The van der Waals surface area contributed by atoms with Crippen molar-refractivity contribution in [3.8, 4) is 0 Å². The van der Waals surface area contributed by atoms with Gasteiger partial charge in [-0.25, -0.2) is 0 Å². The van der Waals surface area contributed by atoms with Gasteiger partial charge >= 0.3 is 17.9 Å². The van der Waals surface area contributed by atoms with Crippen molar-refractivity contribution >= 4 is 35.6 Å². The van der Waals surface area contributed by atoms with Crippen LogP contribution in [-0.4, -0.2) is 59.2 Å². The Hall–Kier alpha value is -1.77. The number of nitrogens with one attached hydrogen (secondary N) is 1. The van der Waals surface area contributed by atoms with Crippen LogP contribution in [0.3, 0.4) is 0 Å². The zero-order valence-electron chi connectivity index (χ0n) is 14.4. The van der Waals surface area contributed by atoms with E-state index in [0.29, 0.717) is 5.75 Å². The number of esters is 3. The first-order valence-corrected chi connectivity index (χ1v) is 8.62. The molecule has 0 aromatic rings. The molecule has 136 valence electrons. The molecule has 1 aliphatic carbocycles. The second-order valence-electron chi connectivity index (χ2n) is 5.37. The number of carbonyl (C=O) groups is 4. The lowest BCUT2D eigenvalue weighted by Crippen LogP contribution is -2.48. The fourth-order valence-electron chi connectivity index (χ4n) is 2.74. The third-order valence-electron chi connectivity index (χ3n) is 3.31. The van der Waals surface area contributed by atoms with E-state index in [1.807, 2.05) is 6.92 Å². The van der Waals surface area contributed by atoms with Gasteiger partial charge in [0.25, 0.3) is 0 Å². The van der Waals surface area contributed by atoms with Crippen LogP contribution in [0.15, 0.2) is 0 Å². The van der Waals surface area contributed by atoms with E-state index in [-0.39, 0.29) is 5.91 Å². The Balaban J connectivity index is 3.27. The van der Waals surface area contributed by atoms with Crippen molar-refractivity contribution < 1.29 is 33.4 Å². The van der Waals surface area contributed by atoms with Gasteiger partial charge in [-0.15, -0.1) is 0 Å². The van der Waals surface area contributed by atoms with E-state index in [2.05, 4.69) is 5.32 Å². The molecule has 9 heteroatoms. The Labute approximate surface area is 145 Å². The molecule has 0 spiro atoms. The van der Waals surface area contributed by atoms with E-state index < -0.39 is 47.5 Å². The summed E-state index contributed by atoms with van der Waals surface area (Å²) in [6.45, 7) is 6.91. The molecule has 0 unspecified atom stereocenters. The number of amides is 1. The van der Waals surface area contributed by atoms with Crippen molar-refractivity contribution in [2.75, 3.05) is 5.75 Å². The van der Waals surface area contributed by atoms with Crippen molar-refractivity contribution in [2.45, 2.75) is 64.2 Å². The summed E-state index contributed by atoms with van der Waals surface area (Å²) < 4.78 is 15.9. The fraction of sp³-hybridized carbons (Fsp3) is 0.733. The summed E-state index contributed by atoms with van der Waals surface area (Å²) in [5.74, 6) is -1.40. The molecule has 0 radical (unpaired) electrons. The van der Waals surface area contributed by atoms with Crippen molar-refractivity contribution in [2.24, 2.45) is 0 Å². The summed E-state index contributed by atoms with van der Waals surface area (Å²) in [7, 11) is 0. The smallest absolute Gasteiger partial charge is 0.303 e. The minimum Gasteiger partial charge on any atom is -0.457 e. The Bertz CT molecular complexity index is 468. The van der Waals surface area contributed by atoms with Crippen LogP contribution in [0.2, 0.25) is 0 Å². The summed E-state index contributed by atoms with van der Waals surface area (Å²) in [5.41, 5.74) is 0. The Kier molecular flexibility index (Phi) is 7.53. The predicted molar refractivity (Wildman–Crippen MR) is 86.2 cm³/mol. The quantitative estimate of drug-likeness (QED) is 0.536. The van der Waals surface area contributed by atoms with Gasteiger partial charge in [-0.1, -0.05) is 6.92 Å². The maximum absolute atomic E-state index is 11.6. The van der Waals surface area contributed by atoms with Gasteiger partial charge in [-0.3, -0.25) is 19.2 Å². The maximum Gasteiger partial charge on any atom is 0.303 e. The van der Waals surface area contributed by atoms with E-state index in [1.165, 1.54) is 39.5 Å². The van der Waals surface area contributed by atoms with Crippen LogP contribution in [0.1, 0.15) is 34.6 Å². The van der Waals surface area contributed by atoms with Crippen molar-refractivity contribution in [1.29, 1.82) is 0 Å². The van der Waals surface area contributed by atoms with E-state index in [4.69, 9.17) is 14.2 Å². The lowest BCUT2D eigenvalue weighted by Gasteiger charge is -2.25. The SMILES string of the molecule is CCS[C@@H]1[C@@H](NC(C)=O)[C@@H](OC(C)=O)[C@@H](OC(C)=O)[C@H]1OC(C)=O. The Morgan fingerprint density at radius 2 is 1.29 bits per heavy atom. The molecule has 0 aromatic heterocycles. The zero-order valence-corrected chi connectivity index (χ0v) is 15.2. The van der Waals surface area contributed by atoms with Crippen LogP contribution in [0.25, 0.3) is 0 Å². The third-order valence-corrected chi connectivity index (χ3v) is 4.59. The molecule has 24 heavy (non-hydrogen) atoms. The van der Waals surface area contributed by atoms with Crippen LogP contribution in [0.4, 0.5) is 0 Å². The fourth-order valence-corrected chi connectivity index (χ4v) is 3.96. The topological polar surface area (TPSA) is 108 Å². The summed E-state index contributed by atoms with van der Waals surface area (Å²) in [6, 6.07) is -0.648. The summed E-state index contributed by atoms with van der Waals surface area (Å²) >= 11 is 1.43. The monoisotopic (exact) mass is 361 g/mol. The first-order valence-electron chi connectivity index (χ1n) is 7.57. The molecular weight excluding hydrogens is 338 g/mol. The van der Waals surface area contributed by atoms with Crippen LogP contribution < -0.4 is 5.32 Å². The van der Waals surface area contributed by atoms with Gasteiger partial charge in [0.1, 0.15) is 0 Å². The Morgan fingerprint density at radius 3 is 1.71 bits per heavy atom. The molecule has 5 atom stereocenters. The highest BCUT2D eigenvalue weighted by Gasteiger charge is 2.56. The van der Waals surface area contributed by atoms with Crippen molar-refractivity contribution in [3.05, 3.63) is 0 Å². The largest absolute Gasteiger partial charge is 0.457 e. The van der Waals surface area contributed by atoms with Crippen LogP contribution in [0.5, 0.6) is 0 Å². The lowest BCUT2D eigenvalue weighted by molar-refractivity contribution is -0.175. The van der Waals surface area contributed by atoms with Crippen LogP contribution in [-0.2, 0) is 33.4 Å². The molecule has 1 N–H and O–H groups in total. The summed E-state index contributed by atoms with van der Waals surface area (Å²) in [5, 5.41) is 2.30. The van der Waals surface area contributed by atoms with E-state index in [9.17, 15) is 19.2 Å². The molecule has 8 nitrogen and oxygen atoms in total. The van der Waals surface area contributed by atoms with Gasteiger partial charge in [-0.05, 0) is 5.75 Å². The summed E-state index contributed by atoms with van der Waals surface area (Å²) in [4.78, 5) is 46.0. The number of carbonyl (C=O) groups excluding carboxylic acids is 4. The molecule has 1 saturated carbocycles. The van der Waals surface area contributed by atoms with Gasteiger partial charge in [0.2, 0.25) is 5.91 Å². The normalized spacial score (nSPS) is 28.8. The van der Waals surface area contributed by atoms with Gasteiger partial charge in [0.15, 0.2) is 18.3 Å². The third kappa shape index (κ3) is 5.40. The molecule has 1 fully saturated rings. The average Bonchev–Trinajstić information content (AvgIpc) is 2.64. The van der Waals surface area contributed by atoms with E-state index in [0.717, 1.165) is 0 Å². The first-order chi connectivity index (χ1) is 11.2. The molecule has 1 amide bonds. The maximum atomic E-state index is 11.6.